The van der Waals surface area contributed by atoms with E-state index in [2.05, 4.69) is 15.6 Å². The molecule has 0 atom stereocenters. The summed E-state index contributed by atoms with van der Waals surface area (Å²) < 4.78 is 6.49. The third kappa shape index (κ3) is 3.49. The van der Waals surface area contributed by atoms with E-state index < -0.39 is 0 Å². The van der Waals surface area contributed by atoms with Crippen molar-refractivity contribution in [3.05, 3.63) is 12.2 Å². The van der Waals surface area contributed by atoms with E-state index in [1.807, 2.05) is 7.05 Å². The number of ether oxygens (including phenoxy) is 1. The van der Waals surface area contributed by atoms with Gasteiger partial charge in [-0.25, -0.2) is 4.98 Å². The SMILES string of the molecule is COCCONCc1ncnn1C. The van der Waals surface area contributed by atoms with Gasteiger partial charge in [0.25, 0.3) is 0 Å². The molecule has 13 heavy (non-hydrogen) atoms. The van der Waals surface area contributed by atoms with Crippen LogP contribution in [-0.4, -0.2) is 35.1 Å². The first-order valence-electron chi connectivity index (χ1n) is 4.01. The van der Waals surface area contributed by atoms with Crippen LogP contribution in [-0.2, 0) is 23.2 Å². The molecule has 1 N–H and O–H groups in total. The highest BCUT2D eigenvalue weighted by molar-refractivity contribution is 4.80. The Bertz CT molecular complexity index is 238. The third-order valence-corrected chi connectivity index (χ3v) is 1.53. The monoisotopic (exact) mass is 186 g/mol. The van der Waals surface area contributed by atoms with E-state index in [0.717, 1.165) is 5.82 Å². The predicted molar refractivity (Wildman–Crippen MR) is 45.7 cm³/mol. The number of methoxy groups -OCH3 is 1. The molecule has 0 radical (unpaired) electrons. The first-order chi connectivity index (χ1) is 6.34. The molecule has 0 aromatic carbocycles. The average Bonchev–Trinajstić information content (AvgIpc) is 2.52. The Morgan fingerprint density at radius 3 is 3.00 bits per heavy atom. The Balaban J connectivity index is 2.10. The zero-order chi connectivity index (χ0) is 9.52. The Labute approximate surface area is 76.8 Å². The molecule has 0 spiro atoms. The van der Waals surface area contributed by atoms with Crippen LogP contribution in [0.5, 0.6) is 0 Å². The standard InChI is InChI=1S/C7H14N4O2/c1-11-7(8-6-9-11)5-10-13-4-3-12-2/h6,10H,3-5H2,1-2H3. The van der Waals surface area contributed by atoms with Crippen LogP contribution in [0.2, 0.25) is 0 Å². The summed E-state index contributed by atoms with van der Waals surface area (Å²) in [5.41, 5.74) is 2.76. The summed E-state index contributed by atoms with van der Waals surface area (Å²) in [7, 11) is 3.46. The van der Waals surface area contributed by atoms with Gasteiger partial charge in [-0.3, -0.25) is 9.52 Å². The first kappa shape index (κ1) is 10.1. The molecule has 0 fully saturated rings. The smallest absolute Gasteiger partial charge is 0.142 e. The summed E-state index contributed by atoms with van der Waals surface area (Å²) in [5, 5.41) is 3.92. The molecule has 6 heteroatoms. The van der Waals surface area contributed by atoms with Crippen molar-refractivity contribution in [3.63, 3.8) is 0 Å². The number of nitrogens with one attached hydrogen (secondary N) is 1. The van der Waals surface area contributed by atoms with Crippen molar-refractivity contribution in [2.75, 3.05) is 20.3 Å². The topological polar surface area (TPSA) is 61.2 Å². The lowest BCUT2D eigenvalue weighted by Gasteiger charge is -2.03. The van der Waals surface area contributed by atoms with Crippen LogP contribution in [0, 0.1) is 0 Å². The number of nitrogens with zero attached hydrogens (tertiary/aromatic N) is 3. The normalized spacial score (nSPS) is 10.6. The van der Waals surface area contributed by atoms with E-state index in [-0.39, 0.29) is 0 Å². The number of aromatic nitrogens is 3. The van der Waals surface area contributed by atoms with E-state index in [1.165, 1.54) is 6.33 Å². The van der Waals surface area contributed by atoms with Crippen LogP contribution in [0.25, 0.3) is 0 Å². The van der Waals surface area contributed by atoms with Crippen molar-refractivity contribution in [2.24, 2.45) is 7.05 Å². The number of hydroxylamine groups is 1. The van der Waals surface area contributed by atoms with Crippen molar-refractivity contribution in [1.29, 1.82) is 0 Å². The molecule has 0 saturated carbocycles. The number of aryl methyl sites for hydroxylation is 1. The quantitative estimate of drug-likeness (QED) is 0.478. The fourth-order valence-corrected chi connectivity index (χ4v) is 0.793. The van der Waals surface area contributed by atoms with E-state index in [9.17, 15) is 0 Å². The third-order valence-electron chi connectivity index (χ3n) is 1.53. The molecule has 0 bridgehead atoms. The zero-order valence-electron chi connectivity index (χ0n) is 7.86. The second kappa shape index (κ2) is 5.63. The molecular weight excluding hydrogens is 172 g/mol. The van der Waals surface area contributed by atoms with Crippen molar-refractivity contribution in [2.45, 2.75) is 6.54 Å². The Morgan fingerprint density at radius 2 is 2.38 bits per heavy atom. The summed E-state index contributed by atoms with van der Waals surface area (Å²) >= 11 is 0. The van der Waals surface area contributed by atoms with Gasteiger partial charge in [-0.05, 0) is 0 Å². The predicted octanol–water partition coefficient (Wildman–Crippen LogP) is -0.517. The first-order valence-corrected chi connectivity index (χ1v) is 4.01. The highest BCUT2D eigenvalue weighted by Crippen LogP contribution is 1.88. The highest BCUT2D eigenvalue weighted by Gasteiger charge is 1.98. The van der Waals surface area contributed by atoms with Crippen molar-refractivity contribution in [3.8, 4) is 0 Å². The van der Waals surface area contributed by atoms with Crippen molar-refractivity contribution in [1.82, 2.24) is 20.2 Å². The minimum absolute atomic E-state index is 0.522. The second-order valence-electron chi connectivity index (χ2n) is 2.46. The average molecular weight is 186 g/mol. The Hall–Kier alpha value is -0.980. The lowest BCUT2D eigenvalue weighted by Crippen LogP contribution is -2.19. The lowest BCUT2D eigenvalue weighted by molar-refractivity contribution is 0.00207. The minimum atomic E-state index is 0.522. The number of hydrogen-bond donors (Lipinski definition) is 1. The maximum atomic E-state index is 5.05. The van der Waals surface area contributed by atoms with Gasteiger partial charge in [-0.1, -0.05) is 0 Å². The molecule has 1 rings (SSSR count). The Kier molecular flexibility index (Phi) is 4.37. The summed E-state index contributed by atoms with van der Waals surface area (Å²) in [6.45, 7) is 1.64. The Morgan fingerprint density at radius 1 is 1.54 bits per heavy atom. The van der Waals surface area contributed by atoms with Gasteiger partial charge in [0.1, 0.15) is 12.2 Å². The minimum Gasteiger partial charge on any atom is -0.382 e. The van der Waals surface area contributed by atoms with Crippen LogP contribution in [0.3, 0.4) is 0 Å². The molecule has 1 aromatic heterocycles. The molecule has 6 nitrogen and oxygen atoms in total. The van der Waals surface area contributed by atoms with Gasteiger partial charge in [0.15, 0.2) is 0 Å². The largest absolute Gasteiger partial charge is 0.382 e. The second-order valence-corrected chi connectivity index (χ2v) is 2.46. The van der Waals surface area contributed by atoms with Gasteiger partial charge < -0.3 is 4.74 Å². The van der Waals surface area contributed by atoms with Crippen molar-refractivity contribution < 1.29 is 9.57 Å². The molecular formula is C7H14N4O2. The molecule has 0 saturated heterocycles. The van der Waals surface area contributed by atoms with E-state index in [1.54, 1.807) is 11.8 Å². The van der Waals surface area contributed by atoms with Gasteiger partial charge in [0.05, 0.1) is 19.8 Å². The zero-order valence-corrected chi connectivity index (χ0v) is 7.86. The number of hydrogen-bond acceptors (Lipinski definition) is 5. The van der Waals surface area contributed by atoms with Gasteiger partial charge >= 0.3 is 0 Å². The van der Waals surface area contributed by atoms with Gasteiger partial charge in [-0.15, -0.1) is 0 Å². The molecule has 0 aliphatic carbocycles. The van der Waals surface area contributed by atoms with E-state index in [0.29, 0.717) is 19.8 Å². The maximum absolute atomic E-state index is 5.05. The fraction of sp³-hybridized carbons (Fsp3) is 0.714. The molecule has 1 heterocycles. The van der Waals surface area contributed by atoms with E-state index >= 15 is 0 Å². The maximum Gasteiger partial charge on any atom is 0.142 e. The fourth-order valence-electron chi connectivity index (χ4n) is 0.793. The lowest BCUT2D eigenvalue weighted by atomic mass is 10.6. The number of rotatable bonds is 6. The molecule has 0 aliphatic heterocycles. The van der Waals surface area contributed by atoms with Crippen LogP contribution in [0.1, 0.15) is 5.82 Å². The molecule has 0 aliphatic rings. The summed E-state index contributed by atoms with van der Waals surface area (Å²) in [6.07, 6.45) is 1.51. The molecule has 0 unspecified atom stereocenters. The molecule has 0 amide bonds. The summed E-state index contributed by atoms with van der Waals surface area (Å²) in [4.78, 5) is 9.06. The summed E-state index contributed by atoms with van der Waals surface area (Å²) in [5.74, 6) is 0.831. The van der Waals surface area contributed by atoms with Crippen LogP contribution >= 0.6 is 0 Å². The molecule has 74 valence electrons. The van der Waals surface area contributed by atoms with Crippen LogP contribution < -0.4 is 5.48 Å². The van der Waals surface area contributed by atoms with Gasteiger partial charge in [0.2, 0.25) is 0 Å². The van der Waals surface area contributed by atoms with Crippen LogP contribution in [0.15, 0.2) is 6.33 Å². The summed E-state index contributed by atoms with van der Waals surface area (Å²) in [6, 6.07) is 0. The van der Waals surface area contributed by atoms with Crippen LogP contribution in [0.4, 0.5) is 0 Å². The van der Waals surface area contributed by atoms with Gasteiger partial charge in [-0.2, -0.15) is 10.6 Å². The van der Waals surface area contributed by atoms with Gasteiger partial charge in [0, 0.05) is 14.2 Å². The van der Waals surface area contributed by atoms with Crippen molar-refractivity contribution >= 4 is 0 Å². The highest BCUT2D eigenvalue weighted by atomic mass is 16.7. The molecule has 1 aromatic rings. The van der Waals surface area contributed by atoms with E-state index in [4.69, 9.17) is 9.57 Å².